The van der Waals surface area contributed by atoms with E-state index in [1.165, 1.54) is 18.2 Å². The number of carbonyl (C=O) groups excluding carboxylic acids is 2. The number of hydrogen-bond donors (Lipinski definition) is 1. The number of alkyl halides is 3. The van der Waals surface area contributed by atoms with Crippen LogP contribution in [0, 0.1) is 5.92 Å². The molecule has 3 atom stereocenters. The van der Waals surface area contributed by atoms with Crippen LogP contribution in [0.3, 0.4) is 0 Å². The Morgan fingerprint density at radius 3 is 1.98 bits per heavy atom. The summed E-state index contributed by atoms with van der Waals surface area (Å²) in [7, 11) is 2.33. The summed E-state index contributed by atoms with van der Waals surface area (Å²) in [5, 5.41) is 2.68. The van der Waals surface area contributed by atoms with E-state index in [9.17, 15) is 22.8 Å². The third kappa shape index (κ3) is 9.58. The summed E-state index contributed by atoms with van der Waals surface area (Å²) in [5.74, 6) is -1.15. The Morgan fingerprint density at radius 1 is 0.848 bits per heavy atom. The van der Waals surface area contributed by atoms with Crippen LogP contribution < -0.4 is 10.1 Å². The molecule has 0 radical (unpaired) electrons. The largest absolute Gasteiger partial charge is 0.497 e. The number of ether oxygens (including phenoxy) is 5. The summed E-state index contributed by atoms with van der Waals surface area (Å²) >= 11 is 0. The van der Waals surface area contributed by atoms with Crippen LogP contribution in [0.1, 0.15) is 37.0 Å². The first-order valence-corrected chi connectivity index (χ1v) is 14.6. The maximum Gasteiger partial charge on any atom is 0.432 e. The molecule has 0 heterocycles. The molecule has 0 unspecified atom stereocenters. The first-order chi connectivity index (χ1) is 21.9. The highest BCUT2D eigenvalue weighted by Crippen LogP contribution is 2.43. The lowest BCUT2D eigenvalue weighted by atomic mass is 9.91. The highest BCUT2D eigenvalue weighted by atomic mass is 19.4. The van der Waals surface area contributed by atoms with E-state index in [1.807, 2.05) is 19.9 Å². The van der Waals surface area contributed by atoms with Crippen molar-refractivity contribution in [2.24, 2.45) is 5.92 Å². The number of carbonyl (C=O) groups is 2. The van der Waals surface area contributed by atoms with Gasteiger partial charge in [0, 0.05) is 12.7 Å². The molecule has 0 fully saturated rings. The van der Waals surface area contributed by atoms with Crippen molar-refractivity contribution in [2.75, 3.05) is 20.8 Å². The topological polar surface area (TPSA) is 92.3 Å². The zero-order chi connectivity index (χ0) is 33.7. The highest BCUT2D eigenvalue weighted by molar-refractivity contribution is 5.83. The van der Waals surface area contributed by atoms with Crippen molar-refractivity contribution in [3.05, 3.63) is 114 Å². The van der Waals surface area contributed by atoms with Gasteiger partial charge in [0.05, 0.1) is 26.4 Å². The molecule has 46 heavy (non-hydrogen) atoms. The van der Waals surface area contributed by atoms with Crippen LogP contribution in [-0.2, 0) is 42.6 Å². The number of hydrogen-bond acceptors (Lipinski definition) is 7. The summed E-state index contributed by atoms with van der Waals surface area (Å²) in [4.78, 5) is 26.7. The zero-order valence-electron chi connectivity index (χ0n) is 26.3. The van der Waals surface area contributed by atoms with E-state index in [1.54, 1.807) is 55.6 Å². The lowest BCUT2D eigenvalue weighted by Gasteiger charge is -2.36. The molecular weight excluding hydrogens is 603 g/mol. The average molecular weight is 644 g/mol. The van der Waals surface area contributed by atoms with Gasteiger partial charge < -0.3 is 29.0 Å². The van der Waals surface area contributed by atoms with Crippen molar-refractivity contribution in [3.63, 3.8) is 0 Å². The molecule has 248 valence electrons. The van der Waals surface area contributed by atoms with E-state index < -0.39 is 41.5 Å². The second-order valence-electron chi connectivity index (χ2n) is 11.0. The molecule has 8 nitrogen and oxygen atoms in total. The molecule has 0 bridgehead atoms. The predicted molar refractivity (Wildman–Crippen MR) is 166 cm³/mol. The highest BCUT2D eigenvalue weighted by Gasteiger charge is 2.64. The average Bonchev–Trinajstić information content (AvgIpc) is 3.03. The Kier molecular flexibility index (Phi) is 13.2. The van der Waals surface area contributed by atoms with Crippen molar-refractivity contribution in [2.45, 2.75) is 57.4 Å². The van der Waals surface area contributed by atoms with Crippen molar-refractivity contribution < 1.29 is 46.4 Å². The maximum absolute atomic E-state index is 14.7. The number of halogens is 3. The first kappa shape index (κ1) is 36.1. The molecule has 11 heteroatoms. The van der Waals surface area contributed by atoms with Gasteiger partial charge in [-0.3, -0.25) is 0 Å². The van der Waals surface area contributed by atoms with Gasteiger partial charge in [0.2, 0.25) is 0 Å². The Labute approximate surface area is 267 Å². The SMILES string of the molecule is C=C(COCc1ccc(OC)cc1)[C@@H](OC(=O)[C@](OC)(c1ccccc1)C(F)(F)F)[C@H](CC(C)C)NC(=O)OCc1ccccc1. The van der Waals surface area contributed by atoms with Crippen molar-refractivity contribution in [1.82, 2.24) is 5.32 Å². The van der Waals surface area contributed by atoms with Crippen LogP contribution in [0.4, 0.5) is 18.0 Å². The van der Waals surface area contributed by atoms with Crippen LogP contribution in [0.15, 0.2) is 97.1 Å². The zero-order valence-corrected chi connectivity index (χ0v) is 26.3. The number of nitrogens with one attached hydrogen (secondary N) is 1. The minimum Gasteiger partial charge on any atom is -0.497 e. The standard InChI is InChI=1S/C35H40F3NO7/c1-24(2)20-30(39-33(41)45-23-26-12-8-6-9-13-26)31(25(3)21-44-22-27-16-18-29(42-4)19-17-27)46-32(40)34(43-5,35(36,37)38)28-14-10-7-11-15-28/h6-19,24,30-31H,3,20-23H2,1-2,4-5H3,(H,39,41)/t30-,31+,34+/m0/s1. The van der Waals surface area contributed by atoms with Gasteiger partial charge in [0.15, 0.2) is 0 Å². The number of rotatable bonds is 16. The van der Waals surface area contributed by atoms with Crippen LogP contribution >= 0.6 is 0 Å². The Hall–Kier alpha value is -4.35. The van der Waals surface area contributed by atoms with Gasteiger partial charge in [-0.25, -0.2) is 9.59 Å². The van der Waals surface area contributed by atoms with E-state index in [-0.39, 0.29) is 37.7 Å². The monoisotopic (exact) mass is 643 g/mol. The fourth-order valence-electron chi connectivity index (χ4n) is 4.82. The molecule has 0 aliphatic heterocycles. The number of amides is 1. The summed E-state index contributed by atoms with van der Waals surface area (Å²) < 4.78 is 71.1. The predicted octanol–water partition coefficient (Wildman–Crippen LogP) is 7.13. The van der Waals surface area contributed by atoms with Crippen molar-refractivity contribution >= 4 is 12.1 Å². The van der Waals surface area contributed by atoms with Crippen LogP contribution in [-0.4, -0.2) is 51.2 Å². The van der Waals surface area contributed by atoms with Gasteiger partial charge in [-0.2, -0.15) is 13.2 Å². The number of alkyl carbamates (subject to hydrolysis) is 1. The van der Waals surface area contributed by atoms with E-state index in [2.05, 4.69) is 11.9 Å². The van der Waals surface area contributed by atoms with E-state index >= 15 is 0 Å². The Bertz CT molecular complexity index is 1400. The van der Waals surface area contributed by atoms with Crippen molar-refractivity contribution in [3.8, 4) is 5.75 Å². The van der Waals surface area contributed by atoms with E-state index in [0.717, 1.165) is 30.4 Å². The summed E-state index contributed by atoms with van der Waals surface area (Å²) in [6, 6.07) is 21.5. The lowest BCUT2D eigenvalue weighted by molar-refractivity contribution is -0.278. The number of methoxy groups -OCH3 is 2. The van der Waals surface area contributed by atoms with E-state index in [0.29, 0.717) is 5.75 Å². The van der Waals surface area contributed by atoms with Gasteiger partial charge in [-0.05, 0) is 41.2 Å². The van der Waals surface area contributed by atoms with Crippen LogP contribution in [0.25, 0.3) is 0 Å². The Morgan fingerprint density at radius 2 is 1.43 bits per heavy atom. The number of esters is 1. The second kappa shape index (κ2) is 16.8. The van der Waals surface area contributed by atoms with Crippen LogP contribution in [0.5, 0.6) is 5.75 Å². The molecule has 0 aromatic heterocycles. The molecule has 3 aromatic rings. The third-order valence-corrected chi connectivity index (χ3v) is 7.13. The lowest BCUT2D eigenvalue weighted by Crippen LogP contribution is -2.55. The minimum atomic E-state index is -5.20. The summed E-state index contributed by atoms with van der Waals surface area (Å²) in [5.41, 5.74) is -2.27. The summed E-state index contributed by atoms with van der Waals surface area (Å²) in [6.07, 6.45) is -7.30. The molecule has 0 aliphatic carbocycles. The molecule has 3 rings (SSSR count). The van der Waals surface area contributed by atoms with Crippen LogP contribution in [0.2, 0.25) is 0 Å². The molecule has 0 aliphatic rings. The molecule has 1 amide bonds. The van der Waals surface area contributed by atoms with Crippen molar-refractivity contribution in [1.29, 1.82) is 0 Å². The van der Waals surface area contributed by atoms with Gasteiger partial charge in [0.25, 0.3) is 5.60 Å². The molecular formula is C35H40F3NO7. The quantitative estimate of drug-likeness (QED) is 0.131. The normalized spacial score (nSPS) is 14.1. The second-order valence-corrected chi connectivity index (χ2v) is 11.0. The Balaban J connectivity index is 1.91. The third-order valence-electron chi connectivity index (χ3n) is 7.13. The maximum atomic E-state index is 14.7. The van der Waals surface area contributed by atoms with Gasteiger partial charge in [-0.15, -0.1) is 0 Å². The molecule has 3 aromatic carbocycles. The smallest absolute Gasteiger partial charge is 0.432 e. The minimum absolute atomic E-state index is 0.0493. The first-order valence-electron chi connectivity index (χ1n) is 14.6. The molecule has 0 spiro atoms. The molecule has 1 N–H and O–H groups in total. The molecule has 0 saturated carbocycles. The summed E-state index contributed by atoms with van der Waals surface area (Å²) in [6.45, 7) is 7.58. The van der Waals surface area contributed by atoms with Gasteiger partial charge >= 0.3 is 18.2 Å². The number of benzene rings is 3. The molecule has 0 saturated heterocycles. The van der Waals surface area contributed by atoms with Gasteiger partial charge in [0.1, 0.15) is 18.5 Å². The van der Waals surface area contributed by atoms with E-state index in [4.69, 9.17) is 23.7 Å². The van der Waals surface area contributed by atoms with Gasteiger partial charge in [-0.1, -0.05) is 93.2 Å². The fraction of sp³-hybridized carbons (Fsp3) is 0.371. The fourth-order valence-corrected chi connectivity index (χ4v) is 4.82.